The maximum atomic E-state index is 13.6. The molecule has 23 heavy (non-hydrogen) atoms. The van der Waals surface area contributed by atoms with Crippen molar-refractivity contribution in [3.8, 4) is 23.3 Å². The number of nitrogen functional groups attached to an aromatic ring is 1. The Morgan fingerprint density at radius 3 is 2.22 bits per heavy atom. The third-order valence-electron chi connectivity index (χ3n) is 3.11. The number of pyridine rings is 1. The summed E-state index contributed by atoms with van der Waals surface area (Å²) in [5.41, 5.74) is 2.25. The summed E-state index contributed by atoms with van der Waals surface area (Å²) in [6.07, 6.45) is 0. The first-order valence-electron chi connectivity index (χ1n) is 6.03. The van der Waals surface area contributed by atoms with E-state index in [0.717, 1.165) is 0 Å². The number of nitrogens with two attached hydrogens (primary N) is 1. The number of rotatable bonds is 2. The van der Waals surface area contributed by atoms with Crippen molar-refractivity contribution in [2.24, 2.45) is 0 Å². The van der Waals surface area contributed by atoms with Crippen molar-refractivity contribution < 1.29 is 18.8 Å². The van der Waals surface area contributed by atoms with Crippen LogP contribution in [0.3, 0.4) is 0 Å². The van der Waals surface area contributed by atoms with Gasteiger partial charge in [-0.15, -0.1) is 0 Å². The first-order chi connectivity index (χ1) is 10.8. The number of nitrogens with zero attached hydrogens (tertiary/aromatic N) is 2. The van der Waals surface area contributed by atoms with E-state index in [1.807, 2.05) is 0 Å². The van der Waals surface area contributed by atoms with Gasteiger partial charge in [-0.3, -0.25) is 4.79 Å². The molecule has 0 spiro atoms. The van der Waals surface area contributed by atoms with Crippen LogP contribution in [0.15, 0.2) is 16.9 Å². The summed E-state index contributed by atoms with van der Waals surface area (Å²) >= 11 is 0. The van der Waals surface area contributed by atoms with E-state index in [1.54, 1.807) is 6.07 Å². The summed E-state index contributed by atoms with van der Waals surface area (Å²) in [6, 6.07) is 4.22. The minimum absolute atomic E-state index is 0.381. The smallest absolute Gasteiger partial charge is 0.423 e. The molecule has 0 aliphatic heterocycles. The van der Waals surface area contributed by atoms with Crippen LogP contribution in [0, 0.1) is 34.3 Å². The number of hydrogen-bond acceptors (Lipinski definition) is 6. The first-order valence-corrected chi connectivity index (χ1v) is 6.03. The molecule has 0 fully saturated rings. The van der Waals surface area contributed by atoms with Crippen LogP contribution in [0.25, 0.3) is 11.1 Å². The highest BCUT2D eigenvalue weighted by molar-refractivity contribution is 6.60. The number of nitriles is 2. The van der Waals surface area contributed by atoms with Gasteiger partial charge in [0, 0.05) is 5.56 Å². The summed E-state index contributed by atoms with van der Waals surface area (Å²) in [5.74, 6) is -3.13. The van der Waals surface area contributed by atoms with Crippen LogP contribution in [-0.2, 0) is 0 Å². The molecular formula is C13H7BF2N4O3. The summed E-state index contributed by atoms with van der Waals surface area (Å²) in [7, 11) is -2.24. The zero-order valence-corrected chi connectivity index (χ0v) is 11.3. The van der Waals surface area contributed by atoms with Gasteiger partial charge in [-0.05, 0) is 23.2 Å². The fourth-order valence-electron chi connectivity index (χ4n) is 2.10. The Kier molecular flexibility index (Phi) is 4.14. The van der Waals surface area contributed by atoms with Gasteiger partial charge in [0.05, 0.1) is 0 Å². The summed E-state index contributed by atoms with van der Waals surface area (Å²) in [4.78, 5) is 13.9. The maximum absolute atomic E-state index is 13.6. The summed E-state index contributed by atoms with van der Waals surface area (Å²) in [5, 5.41) is 36.9. The molecule has 1 aromatic carbocycles. The van der Waals surface area contributed by atoms with Gasteiger partial charge in [0.1, 0.15) is 29.1 Å². The molecule has 114 valence electrons. The van der Waals surface area contributed by atoms with Gasteiger partial charge in [-0.2, -0.15) is 10.5 Å². The normalized spacial score (nSPS) is 10.0. The number of anilines is 1. The van der Waals surface area contributed by atoms with Crippen LogP contribution < -0.4 is 16.8 Å². The van der Waals surface area contributed by atoms with E-state index >= 15 is 0 Å². The molecule has 0 saturated heterocycles. The zero-order valence-electron chi connectivity index (χ0n) is 11.3. The number of benzene rings is 1. The molecule has 7 nitrogen and oxygen atoms in total. The summed E-state index contributed by atoms with van der Waals surface area (Å²) < 4.78 is 26.9. The third-order valence-corrected chi connectivity index (χ3v) is 3.11. The standard InChI is InChI=1S/C13H7BF2N4O3/c15-9-1-5(8(14(22)23)2-10(9)16)11-6(3-17)12(19)20-13(21)7(11)4-18/h1-2,22-23H,(H3,19,20,21). The van der Waals surface area contributed by atoms with E-state index < -0.39 is 52.3 Å². The van der Waals surface area contributed by atoms with Crippen molar-refractivity contribution in [1.29, 1.82) is 10.5 Å². The lowest BCUT2D eigenvalue weighted by atomic mass is 9.74. The number of aromatic nitrogens is 1. The number of nitrogens with one attached hydrogen (secondary N) is 1. The fourth-order valence-corrected chi connectivity index (χ4v) is 2.10. The molecule has 0 unspecified atom stereocenters. The number of H-pyrrole nitrogens is 1. The third kappa shape index (κ3) is 2.64. The van der Waals surface area contributed by atoms with Crippen molar-refractivity contribution in [3.05, 3.63) is 45.2 Å². The van der Waals surface area contributed by atoms with E-state index in [2.05, 4.69) is 4.98 Å². The van der Waals surface area contributed by atoms with Gasteiger partial charge in [-0.1, -0.05) is 0 Å². The molecular weight excluding hydrogens is 309 g/mol. The van der Waals surface area contributed by atoms with E-state index in [4.69, 9.17) is 11.0 Å². The number of hydrogen-bond donors (Lipinski definition) is 4. The Labute approximate surface area is 128 Å². The SMILES string of the molecule is N#Cc1c(N)[nH]c(=O)c(C#N)c1-c1cc(F)c(F)cc1B(O)O. The van der Waals surface area contributed by atoms with Crippen LogP contribution in [0.1, 0.15) is 11.1 Å². The lowest BCUT2D eigenvalue weighted by molar-refractivity contribution is 0.425. The maximum Gasteiger partial charge on any atom is 0.489 e. The average Bonchev–Trinajstić information content (AvgIpc) is 2.48. The topological polar surface area (TPSA) is 147 Å². The van der Waals surface area contributed by atoms with Crippen molar-refractivity contribution in [1.82, 2.24) is 4.98 Å². The molecule has 0 radical (unpaired) electrons. The van der Waals surface area contributed by atoms with Crippen molar-refractivity contribution in [2.45, 2.75) is 0 Å². The van der Waals surface area contributed by atoms with E-state index in [-0.39, 0.29) is 5.56 Å². The van der Waals surface area contributed by atoms with Gasteiger partial charge in [-0.25, -0.2) is 8.78 Å². The molecule has 0 bridgehead atoms. The van der Waals surface area contributed by atoms with Gasteiger partial charge in [0.25, 0.3) is 5.56 Å². The molecule has 1 heterocycles. The van der Waals surface area contributed by atoms with E-state index in [0.29, 0.717) is 12.1 Å². The zero-order chi connectivity index (χ0) is 17.3. The lowest BCUT2D eigenvalue weighted by Gasteiger charge is -2.13. The second-order valence-electron chi connectivity index (χ2n) is 4.44. The highest BCUT2D eigenvalue weighted by atomic mass is 19.2. The number of aromatic amines is 1. The average molecular weight is 316 g/mol. The highest BCUT2D eigenvalue weighted by Gasteiger charge is 2.26. The minimum Gasteiger partial charge on any atom is -0.423 e. The molecule has 0 atom stereocenters. The quantitative estimate of drug-likeness (QED) is 0.540. The fraction of sp³-hybridized carbons (Fsp3) is 0. The number of halogens is 2. The second kappa shape index (κ2) is 5.89. The monoisotopic (exact) mass is 316 g/mol. The Morgan fingerprint density at radius 2 is 1.70 bits per heavy atom. The van der Waals surface area contributed by atoms with Crippen LogP contribution in [-0.4, -0.2) is 22.2 Å². The lowest BCUT2D eigenvalue weighted by Crippen LogP contribution is -2.33. The van der Waals surface area contributed by atoms with Gasteiger partial charge in [0.2, 0.25) is 0 Å². The van der Waals surface area contributed by atoms with Crippen molar-refractivity contribution in [2.75, 3.05) is 5.73 Å². The van der Waals surface area contributed by atoms with E-state index in [9.17, 15) is 28.9 Å². The molecule has 2 rings (SSSR count). The Bertz CT molecular complexity index is 944. The van der Waals surface area contributed by atoms with Crippen molar-refractivity contribution in [3.63, 3.8) is 0 Å². The Hall–Kier alpha value is -3.21. The van der Waals surface area contributed by atoms with E-state index in [1.165, 1.54) is 6.07 Å². The van der Waals surface area contributed by atoms with Crippen LogP contribution in [0.2, 0.25) is 0 Å². The second-order valence-corrected chi connectivity index (χ2v) is 4.44. The van der Waals surface area contributed by atoms with Crippen molar-refractivity contribution >= 4 is 18.4 Å². The molecule has 2 aromatic rings. The van der Waals surface area contributed by atoms with Gasteiger partial charge in [0.15, 0.2) is 11.6 Å². The van der Waals surface area contributed by atoms with Crippen LogP contribution in [0.5, 0.6) is 0 Å². The highest BCUT2D eigenvalue weighted by Crippen LogP contribution is 2.28. The molecule has 0 saturated carbocycles. The predicted octanol–water partition coefficient (Wildman–Crippen LogP) is -0.675. The first kappa shape index (κ1) is 16.2. The van der Waals surface area contributed by atoms with Gasteiger partial charge >= 0.3 is 7.12 Å². The molecule has 0 aliphatic rings. The van der Waals surface area contributed by atoms with Gasteiger partial charge < -0.3 is 20.8 Å². The van der Waals surface area contributed by atoms with Crippen LogP contribution in [0.4, 0.5) is 14.6 Å². The Balaban J connectivity index is 3.05. The molecule has 0 aliphatic carbocycles. The molecule has 1 aromatic heterocycles. The summed E-state index contributed by atoms with van der Waals surface area (Å²) in [6.45, 7) is 0. The largest absolute Gasteiger partial charge is 0.489 e. The minimum atomic E-state index is -2.24. The van der Waals surface area contributed by atoms with Crippen LogP contribution >= 0.6 is 0 Å². The molecule has 0 amide bonds. The predicted molar refractivity (Wildman–Crippen MR) is 76.1 cm³/mol. The molecule has 10 heteroatoms. The molecule has 5 N–H and O–H groups in total. The Morgan fingerprint density at radius 1 is 1.13 bits per heavy atom.